The van der Waals surface area contributed by atoms with E-state index in [1.54, 1.807) is 6.08 Å². The molecule has 12 N–H and O–H groups in total. The van der Waals surface area contributed by atoms with Gasteiger partial charge in [-0.15, -0.1) is 0 Å². The van der Waals surface area contributed by atoms with E-state index < -0.39 is 150 Å². The molecule has 2 aliphatic heterocycles. The van der Waals surface area contributed by atoms with E-state index >= 15 is 0 Å². The molecule has 3 fully saturated rings. The molecule has 2 heterocycles. The van der Waals surface area contributed by atoms with E-state index in [-0.39, 0.29) is 6.42 Å². The normalized spacial score (nSPS) is 31.7. The van der Waals surface area contributed by atoms with Crippen LogP contribution in [-0.4, -0.2) is 204 Å². The van der Waals surface area contributed by atoms with E-state index in [0.717, 1.165) is 57.4 Å². The van der Waals surface area contributed by atoms with Crippen LogP contribution >= 0.6 is 7.82 Å². The van der Waals surface area contributed by atoms with E-state index in [1.807, 2.05) is 6.08 Å². The van der Waals surface area contributed by atoms with Crippen LogP contribution in [0.4, 0.5) is 0 Å². The molecule has 79 heavy (non-hydrogen) atoms. The van der Waals surface area contributed by atoms with Crippen molar-refractivity contribution in [3.63, 3.8) is 0 Å². The maximum atomic E-state index is 14.0. The van der Waals surface area contributed by atoms with Crippen molar-refractivity contribution in [3.05, 3.63) is 36.5 Å². The van der Waals surface area contributed by atoms with Crippen molar-refractivity contribution in [1.29, 1.82) is 0 Å². The Kier molecular flexibility index (Phi) is 35.9. The van der Waals surface area contributed by atoms with Crippen molar-refractivity contribution in [2.24, 2.45) is 0 Å². The molecule has 0 radical (unpaired) electrons. The Morgan fingerprint density at radius 2 is 0.924 bits per heavy atom. The minimum Gasteiger partial charge on any atom is -0.458 e. The molecule has 23 nitrogen and oxygen atoms in total. The molecule has 1 saturated carbocycles. The highest BCUT2D eigenvalue weighted by molar-refractivity contribution is 7.47. The fourth-order valence-corrected chi connectivity index (χ4v) is 10.4. The molecular weight excluding hydrogens is 1060 g/mol. The Labute approximate surface area is 466 Å². The first-order chi connectivity index (χ1) is 37.9. The number of carbonyl (C=O) groups is 2. The maximum absolute atomic E-state index is 14.0. The summed E-state index contributed by atoms with van der Waals surface area (Å²) < 4.78 is 57.8. The molecule has 0 aromatic carbocycles. The second-order valence-corrected chi connectivity index (χ2v) is 22.3. The van der Waals surface area contributed by atoms with Gasteiger partial charge in [-0.05, 0) is 44.9 Å². The number of allylic oxidation sites excluding steroid dienone is 5. The molecule has 0 spiro atoms. The molecule has 1 aliphatic carbocycles. The van der Waals surface area contributed by atoms with Gasteiger partial charge in [0.05, 0.1) is 19.8 Å². The Morgan fingerprint density at radius 3 is 1.38 bits per heavy atom. The Balaban J connectivity index is 1.74. The number of ether oxygens (including phenoxy) is 6. The summed E-state index contributed by atoms with van der Waals surface area (Å²) >= 11 is 0. The van der Waals surface area contributed by atoms with Crippen molar-refractivity contribution >= 4 is 19.8 Å². The van der Waals surface area contributed by atoms with Crippen LogP contribution in [0.25, 0.3) is 0 Å². The standard InChI is InChI=1S/C55H97O23P/c1-3-5-7-9-11-13-15-17-18-20-21-23-25-27-29-31-40(58)71-35-37(73-41(59)32-30-28-26-24-22-19-16-14-12-10-8-6-4-2)36-72-79(69,70)78-53-51(76-54-49(67)44(62)42(60)38(33-56)74-54)47(65)46(64)48(66)52(53)77-55-50(68)45(63)43(61)39(34-57)75-55/h19,22,25,27,29,31,37-39,42-57,60-68H,3-18,20-21,23-24,26,28,30,32-36H2,1-2H3,(H,69,70)/b22-19-,27-25+,31-29+. The van der Waals surface area contributed by atoms with Crippen LogP contribution in [-0.2, 0) is 51.6 Å². The summed E-state index contributed by atoms with van der Waals surface area (Å²) in [5.74, 6) is -1.61. The van der Waals surface area contributed by atoms with Crippen molar-refractivity contribution < 1.29 is 113 Å². The summed E-state index contributed by atoms with van der Waals surface area (Å²) in [5.41, 5.74) is 0. The number of rotatable bonds is 41. The number of phosphoric acid groups is 1. The van der Waals surface area contributed by atoms with E-state index in [2.05, 4.69) is 26.0 Å². The monoisotopic (exact) mass is 1160 g/mol. The lowest BCUT2D eigenvalue weighted by molar-refractivity contribution is -0.360. The summed E-state index contributed by atoms with van der Waals surface area (Å²) in [6.07, 6.45) is 0.656. The second-order valence-electron chi connectivity index (χ2n) is 20.9. The molecule has 16 unspecified atom stereocenters. The van der Waals surface area contributed by atoms with Crippen LogP contribution in [0, 0.1) is 0 Å². The molecular formula is C55H97O23P. The predicted molar refractivity (Wildman–Crippen MR) is 286 cm³/mol. The fraction of sp³-hybridized carbons (Fsp3) is 0.855. The lowest BCUT2D eigenvalue weighted by Gasteiger charge is -2.49. The average molecular weight is 1160 g/mol. The number of hydrogen-bond acceptors (Lipinski definition) is 22. The number of carbonyl (C=O) groups excluding carboxylic acids is 2. The van der Waals surface area contributed by atoms with Crippen LogP contribution in [0.3, 0.4) is 0 Å². The van der Waals surface area contributed by atoms with Crippen molar-refractivity contribution in [3.8, 4) is 0 Å². The number of phosphoric ester groups is 1. The summed E-state index contributed by atoms with van der Waals surface area (Å²) in [5, 5.41) is 116. The first-order valence-corrected chi connectivity index (χ1v) is 30.4. The zero-order valence-electron chi connectivity index (χ0n) is 46.4. The van der Waals surface area contributed by atoms with Gasteiger partial charge in [-0.2, -0.15) is 0 Å². The van der Waals surface area contributed by atoms with Crippen LogP contribution in [0.15, 0.2) is 36.5 Å². The van der Waals surface area contributed by atoms with Gasteiger partial charge in [-0.25, -0.2) is 9.36 Å². The van der Waals surface area contributed by atoms with E-state index in [1.165, 1.54) is 89.5 Å². The first-order valence-electron chi connectivity index (χ1n) is 28.9. The lowest BCUT2D eigenvalue weighted by Crippen LogP contribution is -2.69. The lowest BCUT2D eigenvalue weighted by atomic mass is 9.84. The van der Waals surface area contributed by atoms with E-state index in [0.29, 0.717) is 12.8 Å². The molecule has 0 bridgehead atoms. The van der Waals surface area contributed by atoms with Crippen molar-refractivity contribution in [2.75, 3.05) is 26.4 Å². The highest BCUT2D eigenvalue weighted by Crippen LogP contribution is 2.49. The smallest absolute Gasteiger partial charge is 0.458 e. The number of unbranched alkanes of at least 4 members (excludes halogenated alkanes) is 20. The fourth-order valence-electron chi connectivity index (χ4n) is 9.44. The first kappa shape index (κ1) is 70.9. The summed E-state index contributed by atoms with van der Waals surface area (Å²) in [6, 6.07) is 0. The van der Waals surface area contributed by atoms with Gasteiger partial charge in [0.2, 0.25) is 0 Å². The molecule has 24 heteroatoms. The van der Waals surface area contributed by atoms with Crippen LogP contribution in [0.5, 0.6) is 0 Å². The second kappa shape index (κ2) is 40.0. The van der Waals surface area contributed by atoms with Crippen LogP contribution in [0.1, 0.15) is 168 Å². The zero-order valence-corrected chi connectivity index (χ0v) is 47.3. The Bertz CT molecular complexity index is 1720. The molecule has 0 amide bonds. The predicted octanol–water partition coefficient (Wildman–Crippen LogP) is 3.48. The quantitative estimate of drug-likeness (QED) is 0.0104. The maximum Gasteiger partial charge on any atom is 0.472 e. The minimum atomic E-state index is -5.66. The SMILES string of the molecule is CCCCCCCC/C=C\CCCCCC(=O)OC(COC(=O)/C=C/C=C/CCCCCCCCCCCCC)COP(=O)(O)OC1C(OC2OC(CO)C(O)C(O)C2O)C(O)C(O)C(O)C1OC1OC(CO)C(O)C(O)C1O. The number of hydrogen-bond donors (Lipinski definition) is 12. The molecule has 0 aromatic rings. The van der Waals surface area contributed by atoms with Gasteiger partial charge in [-0.3, -0.25) is 13.8 Å². The van der Waals surface area contributed by atoms with Gasteiger partial charge < -0.3 is 89.5 Å². The zero-order chi connectivity index (χ0) is 58.2. The number of aliphatic hydroxyl groups excluding tert-OH is 11. The molecule has 3 rings (SSSR count). The largest absolute Gasteiger partial charge is 0.472 e. The Hall–Kier alpha value is -2.33. The average Bonchev–Trinajstić information content (AvgIpc) is 3.55. The van der Waals surface area contributed by atoms with Crippen LogP contribution < -0.4 is 0 Å². The molecule has 460 valence electrons. The third kappa shape index (κ3) is 26.0. The molecule has 3 aliphatic rings. The topological polar surface area (TPSA) is 368 Å². The van der Waals surface area contributed by atoms with Gasteiger partial charge in [0.15, 0.2) is 18.7 Å². The summed E-state index contributed by atoms with van der Waals surface area (Å²) in [4.78, 5) is 37.3. The summed E-state index contributed by atoms with van der Waals surface area (Å²) in [7, 11) is -5.66. The van der Waals surface area contributed by atoms with Gasteiger partial charge in [-0.1, -0.05) is 147 Å². The molecule has 0 aromatic heterocycles. The molecule has 16 atom stereocenters. The molecule has 2 saturated heterocycles. The van der Waals surface area contributed by atoms with Gasteiger partial charge in [0.25, 0.3) is 0 Å². The van der Waals surface area contributed by atoms with Crippen molar-refractivity contribution in [2.45, 2.75) is 272 Å². The number of aliphatic hydroxyl groups is 11. The van der Waals surface area contributed by atoms with Crippen molar-refractivity contribution in [1.82, 2.24) is 0 Å². The third-order valence-electron chi connectivity index (χ3n) is 14.3. The Morgan fingerprint density at radius 1 is 0.506 bits per heavy atom. The highest BCUT2D eigenvalue weighted by Gasteiger charge is 2.58. The van der Waals surface area contributed by atoms with Gasteiger partial charge >= 0.3 is 19.8 Å². The minimum absolute atomic E-state index is 0.0723. The highest BCUT2D eigenvalue weighted by atomic mass is 31.2. The van der Waals surface area contributed by atoms with Gasteiger partial charge in [0.1, 0.15) is 92.1 Å². The van der Waals surface area contributed by atoms with Crippen LogP contribution in [0.2, 0.25) is 0 Å². The van der Waals surface area contributed by atoms with E-state index in [9.17, 15) is 75.2 Å². The number of esters is 2. The summed E-state index contributed by atoms with van der Waals surface area (Å²) in [6.45, 7) is 0.851. The van der Waals surface area contributed by atoms with Gasteiger partial charge in [0, 0.05) is 12.5 Å². The van der Waals surface area contributed by atoms with E-state index in [4.69, 9.17) is 37.5 Å². The third-order valence-corrected chi connectivity index (χ3v) is 15.3.